The van der Waals surface area contributed by atoms with Crippen molar-refractivity contribution in [1.82, 2.24) is 5.32 Å². The molecule has 2 N–H and O–H groups in total. The summed E-state index contributed by atoms with van der Waals surface area (Å²) in [6, 6.07) is 6.59. The lowest BCUT2D eigenvalue weighted by Gasteiger charge is -2.06. The number of Topliss-reactive ketones (excluding diaryl/α,β-unsaturated/α-hetero) is 1. The molecule has 0 aliphatic heterocycles. The van der Waals surface area contributed by atoms with Crippen LogP contribution in [0.5, 0.6) is 0 Å². The largest absolute Gasteiger partial charge is 0.353 e. The van der Waals surface area contributed by atoms with Gasteiger partial charge in [-0.25, -0.2) is 0 Å². The summed E-state index contributed by atoms with van der Waals surface area (Å²) in [5, 5.41) is 5.34. The lowest BCUT2D eigenvalue weighted by atomic mass is 10.1. The first kappa shape index (κ1) is 16.6. The van der Waals surface area contributed by atoms with Crippen LogP contribution in [0.3, 0.4) is 0 Å². The number of anilines is 1. The van der Waals surface area contributed by atoms with E-state index in [1.807, 2.05) is 6.92 Å². The van der Waals surface area contributed by atoms with Gasteiger partial charge >= 0.3 is 0 Å². The Morgan fingerprint density at radius 2 is 1.71 bits per heavy atom. The van der Waals surface area contributed by atoms with E-state index in [0.29, 0.717) is 23.4 Å². The average Bonchev–Trinajstić information content (AvgIpc) is 2.45. The maximum atomic E-state index is 11.9. The van der Waals surface area contributed by atoms with E-state index in [9.17, 15) is 14.4 Å². The number of rotatable bonds is 6. The number of carbonyl (C=O) groups is 3. The Morgan fingerprint density at radius 1 is 1.10 bits per heavy atom. The number of benzene rings is 1. The van der Waals surface area contributed by atoms with Crippen LogP contribution in [-0.4, -0.2) is 24.1 Å². The van der Waals surface area contributed by atoms with Crippen LogP contribution in [0.4, 0.5) is 5.69 Å². The van der Waals surface area contributed by atoms with Gasteiger partial charge in [-0.05, 0) is 44.5 Å². The lowest BCUT2D eigenvalue weighted by Crippen LogP contribution is -2.23. The summed E-state index contributed by atoms with van der Waals surface area (Å²) in [5.41, 5.74) is 1.48. The van der Waals surface area contributed by atoms with Crippen LogP contribution >= 0.6 is 0 Å². The van der Waals surface area contributed by atoms with E-state index in [1.165, 1.54) is 13.0 Å². The van der Waals surface area contributed by atoms with E-state index in [1.54, 1.807) is 31.2 Å². The molecule has 0 fully saturated rings. The van der Waals surface area contributed by atoms with Crippen LogP contribution in [0.2, 0.25) is 0 Å². The highest BCUT2D eigenvalue weighted by molar-refractivity contribution is 6.07. The molecule has 0 aliphatic carbocycles. The van der Waals surface area contributed by atoms with Crippen LogP contribution in [-0.2, 0) is 9.59 Å². The highest BCUT2D eigenvalue weighted by atomic mass is 16.2. The van der Waals surface area contributed by atoms with E-state index in [4.69, 9.17) is 0 Å². The number of hydrogen-bond donors (Lipinski definition) is 2. The van der Waals surface area contributed by atoms with E-state index in [-0.39, 0.29) is 17.6 Å². The van der Waals surface area contributed by atoms with Gasteiger partial charge in [0, 0.05) is 29.4 Å². The van der Waals surface area contributed by atoms with Gasteiger partial charge < -0.3 is 10.6 Å². The zero-order valence-corrected chi connectivity index (χ0v) is 12.5. The molecule has 0 bridgehead atoms. The predicted octanol–water partition coefficient (Wildman–Crippen LogP) is 2.30. The lowest BCUT2D eigenvalue weighted by molar-refractivity contribution is -0.117. The highest BCUT2D eigenvalue weighted by Crippen LogP contribution is 2.11. The van der Waals surface area contributed by atoms with E-state index in [0.717, 1.165) is 6.42 Å². The summed E-state index contributed by atoms with van der Waals surface area (Å²) in [6.07, 6.45) is 2.11. The summed E-state index contributed by atoms with van der Waals surface area (Å²) in [6.45, 7) is 5.59. The fraction of sp³-hybridized carbons (Fsp3) is 0.312. The molecule has 0 atom stereocenters. The molecule has 1 rings (SSSR count). The van der Waals surface area contributed by atoms with Crippen molar-refractivity contribution in [2.24, 2.45) is 0 Å². The monoisotopic (exact) mass is 288 g/mol. The molecule has 0 radical (unpaired) electrons. The summed E-state index contributed by atoms with van der Waals surface area (Å²) < 4.78 is 0. The first-order valence-corrected chi connectivity index (χ1v) is 6.82. The number of ketones is 1. The summed E-state index contributed by atoms with van der Waals surface area (Å²) in [7, 11) is 0. The Morgan fingerprint density at radius 3 is 2.24 bits per heavy atom. The molecule has 1 aromatic carbocycles. The second kappa shape index (κ2) is 7.99. The number of amides is 2. The topological polar surface area (TPSA) is 75.3 Å². The Labute approximate surface area is 124 Å². The van der Waals surface area contributed by atoms with Crippen LogP contribution in [0.25, 0.3) is 0 Å². The normalized spacial score (nSPS) is 10.9. The standard InChI is InChI=1S/C16H20N2O3/c1-4-9-17-15(20)10-11(2)16(21)18-14-7-5-13(6-8-14)12(3)19/h5-8,10H,4,9H2,1-3H3,(H,17,20)(H,18,21)/b11-10-. The fourth-order valence-corrected chi connectivity index (χ4v) is 1.58. The Hall–Kier alpha value is -2.43. The fourth-order valence-electron chi connectivity index (χ4n) is 1.58. The first-order chi connectivity index (χ1) is 9.93. The van der Waals surface area contributed by atoms with Crippen molar-refractivity contribution in [3.63, 3.8) is 0 Å². The first-order valence-electron chi connectivity index (χ1n) is 6.82. The molecule has 1 aromatic rings. The predicted molar refractivity (Wildman–Crippen MR) is 82.1 cm³/mol. The van der Waals surface area contributed by atoms with Gasteiger partial charge in [0.25, 0.3) is 5.91 Å². The van der Waals surface area contributed by atoms with Crippen molar-refractivity contribution in [3.8, 4) is 0 Å². The van der Waals surface area contributed by atoms with Gasteiger partial charge in [0.1, 0.15) is 0 Å². The van der Waals surface area contributed by atoms with Crippen LogP contribution < -0.4 is 10.6 Å². The van der Waals surface area contributed by atoms with Crippen molar-refractivity contribution in [1.29, 1.82) is 0 Å². The van der Waals surface area contributed by atoms with Gasteiger partial charge in [-0.1, -0.05) is 6.92 Å². The molecule has 0 aliphatic rings. The van der Waals surface area contributed by atoms with Gasteiger partial charge in [-0.15, -0.1) is 0 Å². The Kier molecular flexibility index (Phi) is 6.33. The maximum absolute atomic E-state index is 11.9. The molecule has 5 nitrogen and oxygen atoms in total. The number of carbonyl (C=O) groups excluding carboxylic acids is 3. The van der Waals surface area contributed by atoms with Crippen molar-refractivity contribution in [2.45, 2.75) is 27.2 Å². The minimum absolute atomic E-state index is 0.0310. The third-order valence-corrected chi connectivity index (χ3v) is 2.80. The van der Waals surface area contributed by atoms with E-state index in [2.05, 4.69) is 10.6 Å². The zero-order valence-electron chi connectivity index (χ0n) is 12.5. The molecule has 2 amide bonds. The van der Waals surface area contributed by atoms with E-state index >= 15 is 0 Å². The molecule has 5 heteroatoms. The number of hydrogen-bond acceptors (Lipinski definition) is 3. The molecule has 0 unspecified atom stereocenters. The third kappa shape index (κ3) is 5.60. The van der Waals surface area contributed by atoms with Crippen molar-refractivity contribution in [2.75, 3.05) is 11.9 Å². The van der Waals surface area contributed by atoms with Gasteiger partial charge in [-0.2, -0.15) is 0 Å². The van der Waals surface area contributed by atoms with Gasteiger partial charge in [0.15, 0.2) is 5.78 Å². The van der Waals surface area contributed by atoms with Gasteiger partial charge in [0.2, 0.25) is 5.91 Å². The smallest absolute Gasteiger partial charge is 0.251 e. The number of nitrogens with one attached hydrogen (secondary N) is 2. The Bertz CT molecular complexity index is 559. The molecule has 0 aromatic heterocycles. The van der Waals surface area contributed by atoms with Gasteiger partial charge in [0.05, 0.1) is 0 Å². The van der Waals surface area contributed by atoms with E-state index < -0.39 is 0 Å². The molecule has 0 spiro atoms. The SMILES string of the molecule is CCCNC(=O)/C=C(/C)C(=O)Nc1ccc(C(C)=O)cc1. The maximum Gasteiger partial charge on any atom is 0.251 e. The Balaban J connectivity index is 2.65. The van der Waals surface area contributed by atoms with Crippen molar-refractivity contribution in [3.05, 3.63) is 41.5 Å². The minimum atomic E-state index is -0.350. The highest BCUT2D eigenvalue weighted by Gasteiger charge is 2.07. The summed E-state index contributed by atoms with van der Waals surface area (Å²) >= 11 is 0. The second-order valence-electron chi connectivity index (χ2n) is 4.71. The van der Waals surface area contributed by atoms with Crippen LogP contribution in [0.1, 0.15) is 37.6 Å². The summed E-state index contributed by atoms with van der Waals surface area (Å²) in [4.78, 5) is 34.6. The molecular weight excluding hydrogens is 268 g/mol. The molecule has 112 valence electrons. The quantitative estimate of drug-likeness (QED) is 0.623. The molecule has 0 saturated heterocycles. The molecule has 0 heterocycles. The van der Waals surface area contributed by atoms with Crippen LogP contribution in [0.15, 0.2) is 35.9 Å². The molecule has 0 saturated carbocycles. The third-order valence-electron chi connectivity index (χ3n) is 2.80. The van der Waals surface area contributed by atoms with Crippen molar-refractivity contribution >= 4 is 23.3 Å². The summed E-state index contributed by atoms with van der Waals surface area (Å²) in [5.74, 6) is -0.662. The second-order valence-corrected chi connectivity index (χ2v) is 4.71. The molecule has 21 heavy (non-hydrogen) atoms. The average molecular weight is 288 g/mol. The minimum Gasteiger partial charge on any atom is -0.353 e. The zero-order chi connectivity index (χ0) is 15.8. The van der Waals surface area contributed by atoms with Crippen molar-refractivity contribution < 1.29 is 14.4 Å². The molecular formula is C16H20N2O3. The van der Waals surface area contributed by atoms with Crippen LogP contribution in [0, 0.1) is 0 Å². The van der Waals surface area contributed by atoms with Gasteiger partial charge in [-0.3, -0.25) is 14.4 Å².